The van der Waals surface area contributed by atoms with Crippen LogP contribution in [0.5, 0.6) is 0 Å². The first kappa shape index (κ1) is 50.2. The molecule has 88 heavy (non-hydrogen) atoms. The van der Waals surface area contributed by atoms with Gasteiger partial charge in [-0.15, -0.1) is 0 Å². The van der Waals surface area contributed by atoms with Crippen LogP contribution in [0, 0.1) is 13.8 Å². The molecule has 17 aromatic rings. The fraction of sp³-hybridized carbons (Fsp3) is 0.0602. The molecule has 0 amide bonds. The van der Waals surface area contributed by atoms with Crippen molar-refractivity contribution in [2.45, 2.75) is 33.6 Å². The van der Waals surface area contributed by atoms with Crippen molar-refractivity contribution >= 4 is 116 Å². The van der Waals surface area contributed by atoms with Gasteiger partial charge in [0.05, 0.1) is 39.3 Å². The van der Waals surface area contributed by atoms with Crippen LogP contribution in [-0.2, 0) is 12.8 Å². The van der Waals surface area contributed by atoms with Gasteiger partial charge < -0.3 is 23.0 Å². The van der Waals surface area contributed by atoms with Crippen LogP contribution in [0.15, 0.2) is 276 Å². The molecule has 0 aliphatic heterocycles. The minimum Gasteiger partial charge on any atom is -0.454 e. The molecule has 5 nitrogen and oxygen atoms in total. The predicted octanol–water partition coefficient (Wildman–Crippen LogP) is 23.3. The molecule has 4 aromatic heterocycles. The lowest BCUT2D eigenvalue weighted by Gasteiger charge is -2.32. The van der Waals surface area contributed by atoms with Gasteiger partial charge in [-0.2, -0.15) is 0 Å². The molecular weight excluding hydrogens is 1070 g/mol. The maximum atomic E-state index is 6.96. The van der Waals surface area contributed by atoms with Crippen molar-refractivity contribution in [3.05, 3.63) is 295 Å². The topological polar surface area (TPSA) is 37.2 Å². The molecule has 0 N–H and O–H groups in total. The van der Waals surface area contributed by atoms with Crippen LogP contribution >= 0.6 is 0 Å². The van der Waals surface area contributed by atoms with Crippen LogP contribution in [0.3, 0.4) is 0 Å². The first-order valence-corrected chi connectivity index (χ1v) is 30.7. The third kappa shape index (κ3) is 7.40. The second-order valence-corrected chi connectivity index (χ2v) is 23.8. The zero-order valence-electron chi connectivity index (χ0n) is 49.0. The molecule has 0 unspecified atom stereocenters. The van der Waals surface area contributed by atoms with Crippen LogP contribution in [0.1, 0.15) is 34.7 Å². The van der Waals surface area contributed by atoms with Gasteiger partial charge in [0.15, 0.2) is 11.2 Å². The molecule has 0 radical (unpaired) electrons. The fourth-order valence-corrected chi connectivity index (χ4v) is 15.0. The highest BCUT2D eigenvalue weighted by atomic mass is 16.3. The summed E-state index contributed by atoms with van der Waals surface area (Å²) in [6.45, 7) is 6.80. The van der Waals surface area contributed by atoms with Gasteiger partial charge in [-0.1, -0.05) is 207 Å². The highest BCUT2D eigenvalue weighted by Gasteiger charge is 2.31. The van der Waals surface area contributed by atoms with Gasteiger partial charge in [0.1, 0.15) is 11.2 Å². The van der Waals surface area contributed by atoms with E-state index in [-0.39, 0.29) is 0 Å². The minimum atomic E-state index is 0.739. The normalized spacial score (nSPS) is 12.3. The number of aryl methyl sites for hydroxylation is 2. The summed E-state index contributed by atoms with van der Waals surface area (Å²) >= 11 is 0. The van der Waals surface area contributed by atoms with E-state index in [9.17, 15) is 0 Å². The van der Waals surface area contributed by atoms with Gasteiger partial charge >= 0.3 is 0 Å². The van der Waals surface area contributed by atoms with Gasteiger partial charge in [0.2, 0.25) is 0 Å². The van der Waals surface area contributed by atoms with Crippen molar-refractivity contribution in [3.8, 4) is 44.5 Å². The number of hydrogen-bond acceptors (Lipinski definition) is 4. The van der Waals surface area contributed by atoms with E-state index < -0.39 is 0 Å². The number of para-hydroxylation sites is 5. The van der Waals surface area contributed by atoms with E-state index in [0.29, 0.717) is 0 Å². The Kier molecular flexibility index (Phi) is 11.1. The van der Waals surface area contributed by atoms with E-state index in [1.165, 1.54) is 88.2 Å². The van der Waals surface area contributed by atoms with Crippen molar-refractivity contribution in [2.24, 2.45) is 0 Å². The van der Waals surface area contributed by atoms with Gasteiger partial charge in [-0.3, -0.25) is 0 Å². The first-order valence-electron chi connectivity index (χ1n) is 30.7. The molecule has 13 aromatic carbocycles. The molecule has 0 fully saturated rings. The smallest absolute Gasteiger partial charge is 0.159 e. The van der Waals surface area contributed by atoms with E-state index >= 15 is 0 Å². The van der Waals surface area contributed by atoms with Crippen molar-refractivity contribution < 1.29 is 8.83 Å². The lowest BCUT2D eigenvalue weighted by molar-refractivity contribution is 0.668. The third-order valence-corrected chi connectivity index (χ3v) is 19.0. The number of furan rings is 2. The molecule has 0 atom stereocenters. The average molecular weight is 1130 g/mol. The largest absolute Gasteiger partial charge is 0.454 e. The number of fused-ring (bicyclic) bond motifs is 18. The van der Waals surface area contributed by atoms with E-state index in [4.69, 9.17) is 8.83 Å². The summed E-state index contributed by atoms with van der Waals surface area (Å²) in [5, 5.41) is 9.30. The van der Waals surface area contributed by atoms with Crippen molar-refractivity contribution in [3.63, 3.8) is 0 Å². The molecule has 1 aliphatic rings. The molecule has 0 saturated carbocycles. The molecule has 0 saturated heterocycles. The quantitative estimate of drug-likeness (QED) is 0.144. The highest BCUT2D eigenvalue weighted by molar-refractivity contribution is 6.27. The molecule has 5 heteroatoms. The van der Waals surface area contributed by atoms with Crippen molar-refractivity contribution in [1.29, 1.82) is 0 Å². The second-order valence-electron chi connectivity index (χ2n) is 23.8. The zero-order valence-corrected chi connectivity index (χ0v) is 49.0. The number of benzene rings is 13. The minimum absolute atomic E-state index is 0.739. The van der Waals surface area contributed by atoms with Crippen molar-refractivity contribution in [2.75, 3.05) is 9.80 Å². The summed E-state index contributed by atoms with van der Waals surface area (Å²) < 4.78 is 16.5. The SMILES string of the molecule is CCc1c2cccc1-c1c(cccc1N(c1cc(-c3ccccc3)ccc1C)c1cccc3c1oc1ccccc13)Cc1cc3c4cccc5c6c(N(c7cc(-c8ccccc8)ccc7C)c7cccc8c7oc7ccccc78)cccc6n(c3cc1-2)c45. The second kappa shape index (κ2) is 19.4. The van der Waals surface area contributed by atoms with Gasteiger partial charge in [0.25, 0.3) is 0 Å². The van der Waals surface area contributed by atoms with Gasteiger partial charge in [-0.25, -0.2) is 0 Å². The molecule has 0 spiro atoms. The summed E-state index contributed by atoms with van der Waals surface area (Å²) in [6, 6.07) is 98.2. The lowest BCUT2D eigenvalue weighted by Crippen LogP contribution is -2.15. The molecular formula is C83H57N3O2. The summed E-state index contributed by atoms with van der Waals surface area (Å²) in [4.78, 5) is 4.97. The summed E-state index contributed by atoms with van der Waals surface area (Å²) in [5.74, 6) is 0. The van der Waals surface area contributed by atoms with Crippen LogP contribution in [0.25, 0.3) is 126 Å². The number of anilines is 6. The predicted molar refractivity (Wildman–Crippen MR) is 368 cm³/mol. The standard InChI is InChI=1S/C83H57N3O2/c1-4-58-59-28-16-29-62(58)79-56(25-15-34-69(79)84(74-47-54(43-41-50(74)2)52-21-7-5-8-22-52)72-37-18-31-64-60-26-11-13-39-77(60)87-82(64)72)45-57-46-68-63-30-17-33-66-80-70(35-20-36-71(80)86(81(63)66)76(68)49-67(57)59)85(75-48-55(44-42-51(75)3)53-23-9-6-10-24-53)73-38-19-32-65-61-27-12-14-40-78(61)88-83(65)73/h5-44,46-49H,4,45H2,1-3H3. The molecule has 2 bridgehead atoms. The van der Waals surface area contributed by atoms with E-state index in [1.54, 1.807) is 0 Å². The number of rotatable bonds is 9. The molecule has 416 valence electrons. The van der Waals surface area contributed by atoms with Gasteiger partial charge in [-0.05, 0) is 160 Å². The van der Waals surface area contributed by atoms with E-state index in [0.717, 1.165) is 113 Å². The Hall–Kier alpha value is -11.1. The zero-order chi connectivity index (χ0) is 58.3. The Bertz CT molecular complexity index is 5690. The Morgan fingerprint density at radius 1 is 0.352 bits per heavy atom. The molecule has 18 rings (SSSR count). The van der Waals surface area contributed by atoms with Gasteiger partial charge in [0, 0.05) is 60.0 Å². The lowest BCUT2D eigenvalue weighted by atomic mass is 9.80. The average Bonchev–Trinajstić information content (AvgIpc) is 1.73. The van der Waals surface area contributed by atoms with Crippen molar-refractivity contribution in [1.82, 2.24) is 4.40 Å². The summed E-state index contributed by atoms with van der Waals surface area (Å²) in [7, 11) is 0. The number of aromatic nitrogens is 1. The highest BCUT2D eigenvalue weighted by Crippen LogP contribution is 2.54. The maximum Gasteiger partial charge on any atom is 0.159 e. The number of hydrogen-bond donors (Lipinski definition) is 0. The Labute approximate surface area is 509 Å². The van der Waals surface area contributed by atoms with Crippen LogP contribution < -0.4 is 9.80 Å². The Morgan fingerprint density at radius 3 is 1.51 bits per heavy atom. The van der Waals surface area contributed by atoms with Crippen LogP contribution in [0.2, 0.25) is 0 Å². The van der Waals surface area contributed by atoms with Crippen LogP contribution in [0.4, 0.5) is 34.1 Å². The van der Waals surface area contributed by atoms with E-state index in [1.807, 2.05) is 0 Å². The Morgan fingerprint density at radius 2 is 0.864 bits per heavy atom. The maximum absolute atomic E-state index is 6.96. The first-order chi connectivity index (χ1) is 43.5. The summed E-state index contributed by atoms with van der Waals surface area (Å²) in [5.41, 5.74) is 29.4. The summed E-state index contributed by atoms with van der Waals surface area (Å²) in [6.07, 6.45) is 1.58. The number of nitrogens with zero attached hydrogens (tertiary/aromatic N) is 3. The molecule has 4 heterocycles. The van der Waals surface area contributed by atoms with E-state index in [2.05, 4.69) is 302 Å². The van der Waals surface area contributed by atoms with Crippen LogP contribution in [-0.4, -0.2) is 4.40 Å². The molecule has 1 aliphatic carbocycles. The third-order valence-electron chi connectivity index (χ3n) is 19.0. The monoisotopic (exact) mass is 1130 g/mol. The fourth-order valence-electron chi connectivity index (χ4n) is 15.0. The Balaban J connectivity index is 0.861.